The van der Waals surface area contributed by atoms with Gasteiger partial charge in [0.05, 0.1) is 11.7 Å². The van der Waals surface area contributed by atoms with Crippen LogP contribution in [0.2, 0.25) is 0 Å². The SMILES string of the molecule is N[C@@H]1COC=C2NC=c3cc(F)c(F)cc3=C21. The topological polar surface area (TPSA) is 47.3 Å². The van der Waals surface area contributed by atoms with Gasteiger partial charge in [-0.1, -0.05) is 0 Å². The van der Waals surface area contributed by atoms with E-state index < -0.39 is 11.6 Å². The number of nitrogens with two attached hydrogens (primary N) is 1. The molecule has 3 rings (SSSR count). The predicted molar refractivity (Wildman–Crippen MR) is 58.6 cm³/mol. The summed E-state index contributed by atoms with van der Waals surface area (Å²) in [5, 5.41) is 4.17. The van der Waals surface area contributed by atoms with Gasteiger partial charge in [-0.2, -0.15) is 0 Å². The van der Waals surface area contributed by atoms with Gasteiger partial charge in [-0.3, -0.25) is 0 Å². The molecule has 88 valence electrons. The Hall–Kier alpha value is -1.88. The Morgan fingerprint density at radius 1 is 1.29 bits per heavy atom. The summed E-state index contributed by atoms with van der Waals surface area (Å²) in [6.07, 6.45) is 3.15. The van der Waals surface area contributed by atoms with Crippen molar-refractivity contribution in [2.75, 3.05) is 6.61 Å². The fraction of sp³-hybridized carbons (Fsp3) is 0.167. The highest BCUT2D eigenvalue weighted by atomic mass is 19.2. The Kier molecular flexibility index (Phi) is 2.16. The van der Waals surface area contributed by atoms with Gasteiger partial charge in [-0.25, -0.2) is 8.78 Å². The van der Waals surface area contributed by atoms with E-state index in [2.05, 4.69) is 5.32 Å². The number of hydrogen-bond donors (Lipinski definition) is 2. The van der Waals surface area contributed by atoms with Crippen molar-refractivity contribution in [1.82, 2.24) is 5.32 Å². The molecule has 2 aliphatic rings. The second kappa shape index (κ2) is 3.56. The van der Waals surface area contributed by atoms with E-state index in [4.69, 9.17) is 10.5 Å². The molecule has 0 spiro atoms. The molecule has 0 aromatic heterocycles. The highest BCUT2D eigenvalue weighted by Gasteiger charge is 2.22. The molecular formula is C12H10F2N2O. The third-order valence-corrected chi connectivity index (χ3v) is 2.90. The quantitative estimate of drug-likeness (QED) is 0.647. The normalized spacial score (nSPS) is 21.5. The minimum absolute atomic E-state index is 0.332. The lowest BCUT2D eigenvalue weighted by Crippen LogP contribution is -2.45. The summed E-state index contributed by atoms with van der Waals surface area (Å²) in [4.78, 5) is 0. The maximum Gasteiger partial charge on any atom is 0.159 e. The summed E-state index contributed by atoms with van der Waals surface area (Å²) in [7, 11) is 0. The number of halogens is 2. The molecule has 0 radical (unpaired) electrons. The minimum Gasteiger partial charge on any atom is -0.497 e. The van der Waals surface area contributed by atoms with Crippen molar-refractivity contribution in [1.29, 1.82) is 0 Å². The van der Waals surface area contributed by atoms with E-state index in [1.807, 2.05) is 0 Å². The van der Waals surface area contributed by atoms with Crippen LogP contribution < -0.4 is 21.5 Å². The molecule has 0 saturated carbocycles. The van der Waals surface area contributed by atoms with Crippen molar-refractivity contribution >= 4 is 11.8 Å². The van der Waals surface area contributed by atoms with Crippen LogP contribution in [0.1, 0.15) is 0 Å². The zero-order valence-corrected chi connectivity index (χ0v) is 8.84. The Morgan fingerprint density at radius 2 is 2.06 bits per heavy atom. The van der Waals surface area contributed by atoms with E-state index in [-0.39, 0.29) is 6.04 Å². The van der Waals surface area contributed by atoms with Crippen molar-refractivity contribution in [3.05, 3.63) is 46.2 Å². The second-order valence-electron chi connectivity index (χ2n) is 4.03. The van der Waals surface area contributed by atoms with E-state index in [9.17, 15) is 8.78 Å². The van der Waals surface area contributed by atoms with Gasteiger partial charge in [-0.05, 0) is 17.4 Å². The lowest BCUT2D eigenvalue weighted by molar-refractivity contribution is 0.230. The van der Waals surface area contributed by atoms with E-state index in [0.29, 0.717) is 22.7 Å². The summed E-state index contributed by atoms with van der Waals surface area (Å²) in [6, 6.07) is 1.99. The number of rotatable bonds is 0. The van der Waals surface area contributed by atoms with Crippen LogP contribution in [0.4, 0.5) is 8.78 Å². The summed E-state index contributed by atoms with van der Waals surface area (Å²) in [5.74, 6) is -1.74. The molecule has 1 aromatic carbocycles. The molecule has 0 fully saturated rings. The van der Waals surface area contributed by atoms with Crippen LogP contribution in [0.25, 0.3) is 11.8 Å². The number of hydrogen-bond acceptors (Lipinski definition) is 3. The monoisotopic (exact) mass is 236 g/mol. The van der Waals surface area contributed by atoms with Crippen LogP contribution in [0, 0.1) is 11.6 Å². The summed E-state index contributed by atoms with van der Waals surface area (Å²) in [5.41, 5.74) is 7.37. The first-order valence-corrected chi connectivity index (χ1v) is 5.20. The fourth-order valence-corrected chi connectivity index (χ4v) is 2.11. The van der Waals surface area contributed by atoms with Crippen LogP contribution >= 0.6 is 0 Å². The first kappa shape index (κ1) is 10.3. The lowest BCUT2D eigenvalue weighted by Gasteiger charge is -2.26. The number of benzene rings is 1. The molecule has 0 saturated heterocycles. The van der Waals surface area contributed by atoms with E-state index in [1.54, 1.807) is 12.5 Å². The van der Waals surface area contributed by atoms with Gasteiger partial charge in [0.25, 0.3) is 0 Å². The fourth-order valence-electron chi connectivity index (χ4n) is 2.11. The third kappa shape index (κ3) is 1.51. The molecule has 1 atom stereocenters. The minimum atomic E-state index is -0.871. The smallest absolute Gasteiger partial charge is 0.159 e. The van der Waals surface area contributed by atoms with Crippen LogP contribution in [0.3, 0.4) is 0 Å². The Bertz CT molecular complexity index is 637. The van der Waals surface area contributed by atoms with Gasteiger partial charge in [-0.15, -0.1) is 0 Å². The van der Waals surface area contributed by atoms with Gasteiger partial charge in [0.15, 0.2) is 11.6 Å². The number of fused-ring (bicyclic) bond motifs is 2. The Morgan fingerprint density at radius 3 is 2.88 bits per heavy atom. The first-order chi connectivity index (χ1) is 8.16. The van der Waals surface area contributed by atoms with Crippen molar-refractivity contribution in [3.8, 4) is 0 Å². The van der Waals surface area contributed by atoms with Crippen LogP contribution in [-0.2, 0) is 4.74 Å². The van der Waals surface area contributed by atoms with E-state index >= 15 is 0 Å². The molecule has 3 nitrogen and oxygen atoms in total. The molecule has 1 aromatic rings. The van der Waals surface area contributed by atoms with Gasteiger partial charge in [0.2, 0.25) is 0 Å². The van der Waals surface area contributed by atoms with Crippen molar-refractivity contribution in [2.45, 2.75) is 6.04 Å². The van der Waals surface area contributed by atoms with Crippen LogP contribution in [-0.4, -0.2) is 12.6 Å². The molecular weight excluding hydrogens is 226 g/mol. The molecule has 0 aliphatic carbocycles. The predicted octanol–water partition coefficient (Wildman–Crippen LogP) is -0.344. The van der Waals surface area contributed by atoms with Crippen molar-refractivity contribution < 1.29 is 13.5 Å². The highest BCUT2D eigenvalue weighted by Crippen LogP contribution is 2.17. The standard InChI is InChI=1S/C12H10F2N2O/c13-8-1-6-3-16-11-5-17-4-10(15)12(11)7(6)2-9(8)14/h1-3,5,10,16H,4,15H2/t10-/m1/s1. The molecule has 0 amide bonds. The first-order valence-electron chi connectivity index (χ1n) is 5.20. The molecule has 17 heavy (non-hydrogen) atoms. The lowest BCUT2D eigenvalue weighted by atomic mass is 9.97. The molecule has 2 aliphatic heterocycles. The molecule has 2 heterocycles. The third-order valence-electron chi connectivity index (χ3n) is 2.90. The molecule has 5 heteroatoms. The summed E-state index contributed by atoms with van der Waals surface area (Å²) in [6.45, 7) is 0.332. The van der Waals surface area contributed by atoms with Gasteiger partial charge in [0, 0.05) is 17.0 Å². The average Bonchev–Trinajstić information content (AvgIpc) is 2.31. The highest BCUT2D eigenvalue weighted by molar-refractivity contribution is 5.71. The van der Waals surface area contributed by atoms with Gasteiger partial charge >= 0.3 is 0 Å². The van der Waals surface area contributed by atoms with Crippen molar-refractivity contribution in [2.24, 2.45) is 5.73 Å². The Labute approximate surface area is 95.9 Å². The average molecular weight is 236 g/mol. The summed E-state index contributed by atoms with van der Waals surface area (Å²) >= 11 is 0. The molecule has 0 bridgehead atoms. The zero-order chi connectivity index (χ0) is 12.0. The molecule has 3 N–H and O–H groups in total. The van der Waals surface area contributed by atoms with Gasteiger partial charge in [0.1, 0.15) is 12.9 Å². The number of nitrogens with one attached hydrogen (secondary N) is 1. The second-order valence-corrected chi connectivity index (χ2v) is 4.03. The number of ether oxygens (including phenoxy) is 1. The van der Waals surface area contributed by atoms with E-state index in [1.165, 1.54) is 6.07 Å². The summed E-state index contributed by atoms with van der Waals surface area (Å²) < 4.78 is 31.6. The maximum absolute atomic E-state index is 13.3. The van der Waals surface area contributed by atoms with E-state index in [0.717, 1.165) is 11.6 Å². The van der Waals surface area contributed by atoms with Gasteiger partial charge < -0.3 is 15.8 Å². The maximum atomic E-state index is 13.3. The van der Waals surface area contributed by atoms with Crippen LogP contribution in [0.5, 0.6) is 0 Å². The largest absolute Gasteiger partial charge is 0.497 e. The molecule has 0 unspecified atom stereocenters. The van der Waals surface area contributed by atoms with Crippen LogP contribution in [0.15, 0.2) is 24.1 Å². The van der Waals surface area contributed by atoms with Crippen molar-refractivity contribution in [3.63, 3.8) is 0 Å². The Balaban J connectivity index is 2.41. The zero-order valence-electron chi connectivity index (χ0n) is 8.84.